The second kappa shape index (κ2) is 10.2. The van der Waals surface area contributed by atoms with Crippen molar-refractivity contribution in [3.8, 4) is 0 Å². The molecule has 4 amide bonds. The number of hydrogen-bond donors (Lipinski definition) is 0. The van der Waals surface area contributed by atoms with Crippen molar-refractivity contribution in [2.75, 3.05) is 16.8 Å². The number of benzene rings is 2. The Morgan fingerprint density at radius 2 is 1.62 bits per heavy atom. The van der Waals surface area contributed by atoms with Crippen LogP contribution in [0.5, 0.6) is 0 Å². The van der Waals surface area contributed by atoms with Crippen molar-refractivity contribution in [1.82, 2.24) is 9.88 Å². The molecule has 0 atom stereocenters. The van der Waals surface area contributed by atoms with Gasteiger partial charge in [0.15, 0.2) is 0 Å². The predicted molar refractivity (Wildman–Crippen MR) is 141 cm³/mol. The van der Waals surface area contributed by atoms with Crippen LogP contribution in [0.4, 0.5) is 29.3 Å². The number of anilines is 2. The number of pyridine rings is 1. The lowest BCUT2D eigenvalue weighted by Gasteiger charge is -2.28. The highest BCUT2D eigenvalue weighted by Gasteiger charge is 2.52. The maximum absolute atomic E-state index is 13.5. The minimum Gasteiger partial charge on any atom is -0.311 e. The Bertz CT molecular complexity index is 1590. The van der Waals surface area contributed by atoms with E-state index >= 15 is 0 Å². The SMILES string of the molecule is CN(C(=O)c1cnccc1CN1C(=O)N(c2ccc(S(=O)(=O)C(F)(F)F)cc2)C(=O)C1(C)C)c1ccc(Cl)cc1. The Morgan fingerprint density at radius 3 is 2.20 bits per heavy atom. The summed E-state index contributed by atoms with van der Waals surface area (Å²) in [5, 5.41) is 0.493. The lowest BCUT2D eigenvalue weighted by Crippen LogP contribution is -2.44. The van der Waals surface area contributed by atoms with E-state index < -0.39 is 43.6 Å². The third kappa shape index (κ3) is 5.02. The molecule has 0 unspecified atom stereocenters. The van der Waals surface area contributed by atoms with E-state index in [0.29, 0.717) is 28.4 Å². The summed E-state index contributed by atoms with van der Waals surface area (Å²) in [6, 6.07) is 10.6. The summed E-state index contributed by atoms with van der Waals surface area (Å²) in [4.78, 5) is 46.4. The molecular formula is C26H22ClF3N4O5S. The first kappa shape index (κ1) is 29.0. The smallest absolute Gasteiger partial charge is 0.311 e. The number of carbonyl (C=O) groups is 3. The summed E-state index contributed by atoms with van der Waals surface area (Å²) >= 11 is 5.93. The van der Waals surface area contributed by atoms with Gasteiger partial charge in [-0.05, 0) is 74.0 Å². The van der Waals surface area contributed by atoms with Gasteiger partial charge in [-0.15, -0.1) is 0 Å². The van der Waals surface area contributed by atoms with Gasteiger partial charge >= 0.3 is 11.5 Å². The van der Waals surface area contributed by atoms with Crippen LogP contribution >= 0.6 is 11.6 Å². The molecule has 0 saturated carbocycles. The summed E-state index contributed by atoms with van der Waals surface area (Å²) in [5.41, 5.74) is -5.91. The van der Waals surface area contributed by atoms with E-state index in [1.54, 1.807) is 31.3 Å². The van der Waals surface area contributed by atoms with E-state index in [9.17, 15) is 36.0 Å². The number of carbonyl (C=O) groups excluding carboxylic acids is 3. The van der Waals surface area contributed by atoms with Crippen LogP contribution in [0, 0.1) is 0 Å². The number of hydrogen-bond acceptors (Lipinski definition) is 6. The van der Waals surface area contributed by atoms with Gasteiger partial charge < -0.3 is 9.80 Å². The molecule has 0 radical (unpaired) electrons. The molecule has 3 aromatic rings. The number of aromatic nitrogens is 1. The van der Waals surface area contributed by atoms with Crippen LogP contribution in [-0.4, -0.2) is 54.2 Å². The van der Waals surface area contributed by atoms with Crippen LogP contribution in [0.15, 0.2) is 71.9 Å². The molecular weight excluding hydrogens is 573 g/mol. The molecule has 0 aliphatic carbocycles. The van der Waals surface area contributed by atoms with Gasteiger partial charge in [0, 0.05) is 36.7 Å². The predicted octanol–water partition coefficient (Wildman–Crippen LogP) is 5.05. The van der Waals surface area contributed by atoms with E-state index in [4.69, 9.17) is 11.6 Å². The van der Waals surface area contributed by atoms with Crippen molar-refractivity contribution in [3.63, 3.8) is 0 Å². The zero-order valence-corrected chi connectivity index (χ0v) is 22.9. The van der Waals surface area contributed by atoms with Crippen molar-refractivity contribution < 1.29 is 36.0 Å². The minimum atomic E-state index is -5.61. The number of urea groups is 1. The third-order valence-electron chi connectivity index (χ3n) is 6.52. The average molecular weight is 595 g/mol. The quantitative estimate of drug-likeness (QED) is 0.370. The Labute approximate surface area is 232 Å². The van der Waals surface area contributed by atoms with Gasteiger partial charge in [-0.2, -0.15) is 13.2 Å². The zero-order chi connectivity index (χ0) is 29.6. The lowest BCUT2D eigenvalue weighted by molar-refractivity contribution is -0.123. The Hall–Kier alpha value is -3.97. The fourth-order valence-corrected chi connectivity index (χ4v) is 5.01. The van der Waals surface area contributed by atoms with E-state index in [-0.39, 0.29) is 17.8 Å². The highest BCUT2D eigenvalue weighted by molar-refractivity contribution is 7.92. The number of amides is 4. The molecule has 2 heterocycles. The summed E-state index contributed by atoms with van der Waals surface area (Å²) in [6.45, 7) is 2.79. The van der Waals surface area contributed by atoms with Gasteiger partial charge in [-0.25, -0.2) is 18.1 Å². The first-order valence-corrected chi connectivity index (χ1v) is 13.5. The first-order valence-electron chi connectivity index (χ1n) is 11.6. The van der Waals surface area contributed by atoms with Gasteiger partial charge in [-0.1, -0.05) is 11.6 Å². The average Bonchev–Trinajstić information content (AvgIpc) is 3.07. The Morgan fingerprint density at radius 1 is 1.02 bits per heavy atom. The number of nitrogens with zero attached hydrogens (tertiary/aromatic N) is 4. The first-order chi connectivity index (χ1) is 18.6. The monoisotopic (exact) mass is 594 g/mol. The van der Waals surface area contributed by atoms with Crippen molar-refractivity contribution in [1.29, 1.82) is 0 Å². The number of sulfone groups is 1. The Kier molecular flexibility index (Phi) is 7.41. The molecule has 0 N–H and O–H groups in total. The van der Waals surface area contributed by atoms with E-state index in [1.807, 2.05) is 0 Å². The molecule has 9 nitrogen and oxygen atoms in total. The van der Waals surface area contributed by atoms with E-state index in [0.717, 1.165) is 17.0 Å². The van der Waals surface area contributed by atoms with Gasteiger partial charge in [-0.3, -0.25) is 14.6 Å². The molecule has 40 heavy (non-hydrogen) atoms. The second-order valence-corrected chi connectivity index (χ2v) is 11.8. The van der Waals surface area contributed by atoms with Crippen LogP contribution in [0.1, 0.15) is 29.8 Å². The Balaban J connectivity index is 1.63. The van der Waals surface area contributed by atoms with Crippen molar-refractivity contribution >= 4 is 50.7 Å². The molecule has 4 rings (SSSR count). The molecule has 0 bridgehead atoms. The number of rotatable bonds is 6. The zero-order valence-electron chi connectivity index (χ0n) is 21.3. The normalized spacial score (nSPS) is 15.5. The molecule has 1 aromatic heterocycles. The summed E-state index contributed by atoms with van der Waals surface area (Å²) in [7, 11) is -4.05. The summed E-state index contributed by atoms with van der Waals surface area (Å²) in [6.07, 6.45) is 2.78. The van der Waals surface area contributed by atoms with E-state index in [1.165, 1.54) is 42.1 Å². The minimum absolute atomic E-state index is 0.111. The van der Waals surface area contributed by atoms with Gasteiger partial charge in [0.05, 0.1) is 16.1 Å². The molecule has 210 valence electrons. The molecule has 14 heteroatoms. The second-order valence-electron chi connectivity index (χ2n) is 9.38. The fraction of sp³-hybridized carbons (Fsp3) is 0.231. The van der Waals surface area contributed by atoms with Crippen LogP contribution in [0.2, 0.25) is 5.02 Å². The standard InChI is InChI=1S/C26H22ClF3N4O5S/c1-25(2)23(36)34(19-8-10-20(11-9-19)40(38,39)26(28,29)30)24(37)33(25)15-16-12-13-31-14-21(16)22(35)32(3)18-6-4-17(27)5-7-18/h4-14H,15H2,1-3H3. The maximum atomic E-state index is 13.5. The highest BCUT2D eigenvalue weighted by atomic mass is 35.5. The molecule has 1 fully saturated rings. The highest BCUT2D eigenvalue weighted by Crippen LogP contribution is 2.36. The number of alkyl halides is 3. The molecule has 1 aliphatic rings. The topological polar surface area (TPSA) is 108 Å². The van der Waals surface area contributed by atoms with Crippen LogP contribution in [-0.2, 0) is 21.2 Å². The number of halogens is 4. The van der Waals surface area contributed by atoms with E-state index in [2.05, 4.69) is 4.98 Å². The van der Waals surface area contributed by atoms with Crippen LogP contribution in [0.3, 0.4) is 0 Å². The van der Waals surface area contributed by atoms with Gasteiger partial charge in [0.25, 0.3) is 21.7 Å². The maximum Gasteiger partial charge on any atom is 0.501 e. The third-order valence-corrected chi connectivity index (χ3v) is 8.28. The summed E-state index contributed by atoms with van der Waals surface area (Å²) < 4.78 is 62.1. The van der Waals surface area contributed by atoms with Crippen molar-refractivity contribution in [2.45, 2.75) is 36.3 Å². The van der Waals surface area contributed by atoms with Crippen LogP contribution < -0.4 is 9.80 Å². The van der Waals surface area contributed by atoms with Crippen molar-refractivity contribution in [3.05, 3.63) is 83.1 Å². The lowest BCUT2D eigenvalue weighted by atomic mass is 10.0. The molecule has 1 saturated heterocycles. The molecule has 2 aromatic carbocycles. The van der Waals surface area contributed by atoms with Crippen LogP contribution in [0.25, 0.3) is 0 Å². The van der Waals surface area contributed by atoms with Crippen molar-refractivity contribution in [2.24, 2.45) is 0 Å². The van der Waals surface area contributed by atoms with Gasteiger partial charge in [0.1, 0.15) is 5.54 Å². The number of imide groups is 1. The molecule has 0 spiro atoms. The fourth-order valence-electron chi connectivity index (χ4n) is 4.12. The molecule has 1 aliphatic heterocycles. The summed E-state index contributed by atoms with van der Waals surface area (Å²) in [5.74, 6) is -1.12. The van der Waals surface area contributed by atoms with Gasteiger partial charge in [0.2, 0.25) is 0 Å². The largest absolute Gasteiger partial charge is 0.501 e.